The highest BCUT2D eigenvalue weighted by Gasteiger charge is 2.23. The van der Waals surface area contributed by atoms with Gasteiger partial charge in [-0.1, -0.05) is 65.7 Å². The highest BCUT2D eigenvalue weighted by molar-refractivity contribution is 7.99. The van der Waals surface area contributed by atoms with E-state index >= 15 is 0 Å². The van der Waals surface area contributed by atoms with E-state index in [9.17, 15) is 0 Å². The summed E-state index contributed by atoms with van der Waals surface area (Å²) in [6.07, 6.45) is 14.0. The second-order valence-electron chi connectivity index (χ2n) is 5.89. The van der Waals surface area contributed by atoms with E-state index in [4.69, 9.17) is 0 Å². The Hall–Kier alpha value is 0.700. The molecule has 0 rings (SSSR count). The van der Waals surface area contributed by atoms with Crippen molar-refractivity contribution in [1.82, 2.24) is 0 Å². The maximum Gasteiger partial charge on any atom is -0.000320 e. The van der Waals surface area contributed by atoms with Crippen molar-refractivity contribution in [3.63, 3.8) is 0 Å². The summed E-state index contributed by atoms with van der Waals surface area (Å²) in [5, 5.41) is 0. The van der Waals surface area contributed by atoms with Crippen molar-refractivity contribution in [2.75, 3.05) is 17.3 Å². The van der Waals surface area contributed by atoms with Gasteiger partial charge in [-0.3, -0.25) is 0 Å². The van der Waals surface area contributed by atoms with Crippen LogP contribution in [0.15, 0.2) is 0 Å². The number of hydrogen-bond donors (Lipinski definition) is 1. The zero-order valence-electron chi connectivity index (χ0n) is 13.5. The van der Waals surface area contributed by atoms with E-state index in [-0.39, 0.29) is 0 Å². The molecular weight excluding hydrogens is 268 g/mol. The van der Waals surface area contributed by atoms with Crippen LogP contribution in [0.2, 0.25) is 0 Å². The third kappa shape index (κ3) is 10.1. The van der Waals surface area contributed by atoms with Gasteiger partial charge in [0.05, 0.1) is 0 Å². The third-order valence-corrected chi connectivity index (χ3v) is 6.45. The minimum atomic E-state index is 0.494. The Kier molecular flexibility index (Phi) is 14.2. The van der Waals surface area contributed by atoms with E-state index in [0.717, 1.165) is 5.75 Å². The molecule has 0 radical (unpaired) electrons. The van der Waals surface area contributed by atoms with Crippen LogP contribution in [0.3, 0.4) is 0 Å². The van der Waals surface area contributed by atoms with Gasteiger partial charge in [0.25, 0.3) is 0 Å². The van der Waals surface area contributed by atoms with Gasteiger partial charge in [-0.05, 0) is 41.9 Å². The predicted molar refractivity (Wildman–Crippen MR) is 96.8 cm³/mol. The molecule has 0 nitrogen and oxygen atoms in total. The van der Waals surface area contributed by atoms with Crippen molar-refractivity contribution in [2.45, 2.75) is 85.0 Å². The predicted octanol–water partition coefficient (Wildman–Crippen LogP) is 6.60. The average molecular weight is 305 g/mol. The highest BCUT2D eigenvalue weighted by Crippen LogP contribution is 2.32. The fraction of sp³-hybridized carbons (Fsp3) is 1.00. The van der Waals surface area contributed by atoms with Gasteiger partial charge in [0.2, 0.25) is 0 Å². The second kappa shape index (κ2) is 13.7. The Morgan fingerprint density at radius 3 is 1.79 bits per heavy atom. The lowest BCUT2D eigenvalue weighted by Crippen LogP contribution is -2.24. The van der Waals surface area contributed by atoms with Gasteiger partial charge in [0.1, 0.15) is 0 Å². The number of thioether (sulfide) groups is 1. The van der Waals surface area contributed by atoms with Gasteiger partial charge in [0, 0.05) is 0 Å². The molecular formula is C17H36S2. The van der Waals surface area contributed by atoms with E-state index in [1.54, 1.807) is 0 Å². The summed E-state index contributed by atoms with van der Waals surface area (Å²) in [4.78, 5) is 0. The summed E-state index contributed by atoms with van der Waals surface area (Å²) in [6, 6.07) is 0. The first kappa shape index (κ1) is 19.7. The summed E-state index contributed by atoms with van der Waals surface area (Å²) in [6.45, 7) is 6.92. The molecule has 0 aromatic rings. The molecule has 0 amide bonds. The summed E-state index contributed by atoms with van der Waals surface area (Å²) < 4.78 is 0. The molecule has 0 heterocycles. The summed E-state index contributed by atoms with van der Waals surface area (Å²) in [5.74, 6) is 3.70. The van der Waals surface area contributed by atoms with Gasteiger partial charge in [-0.2, -0.15) is 24.4 Å². The number of unbranched alkanes of at least 4 members (excludes halogenated alkanes) is 7. The molecule has 0 N–H and O–H groups in total. The van der Waals surface area contributed by atoms with E-state index in [1.807, 2.05) is 0 Å². The Labute approximate surface area is 132 Å². The maximum absolute atomic E-state index is 4.55. The lowest BCUT2D eigenvalue weighted by Gasteiger charge is -2.29. The standard InChI is InChI=1S/C17H36S2/c1-4-7-8-9-10-11-12-13-14-19-16-17(5-2,6-3)15-18/h18H,4-16H2,1-3H3. The van der Waals surface area contributed by atoms with Crippen molar-refractivity contribution >= 4 is 24.4 Å². The Bertz CT molecular complexity index is 168. The molecule has 2 heteroatoms. The van der Waals surface area contributed by atoms with Crippen LogP contribution in [0.5, 0.6) is 0 Å². The monoisotopic (exact) mass is 304 g/mol. The molecule has 0 spiro atoms. The van der Waals surface area contributed by atoms with Gasteiger partial charge in [0.15, 0.2) is 0 Å². The van der Waals surface area contributed by atoms with Gasteiger partial charge < -0.3 is 0 Å². The Morgan fingerprint density at radius 2 is 1.32 bits per heavy atom. The molecule has 19 heavy (non-hydrogen) atoms. The zero-order chi connectivity index (χ0) is 14.4. The van der Waals surface area contributed by atoms with Crippen LogP contribution in [-0.2, 0) is 0 Å². The molecule has 0 atom stereocenters. The van der Waals surface area contributed by atoms with Crippen LogP contribution in [0.25, 0.3) is 0 Å². The Morgan fingerprint density at radius 1 is 0.789 bits per heavy atom. The molecule has 0 aromatic carbocycles. The summed E-state index contributed by atoms with van der Waals surface area (Å²) in [5.41, 5.74) is 0.494. The minimum absolute atomic E-state index is 0.494. The largest absolute Gasteiger partial charge is 0.179 e. The van der Waals surface area contributed by atoms with Crippen LogP contribution in [0.4, 0.5) is 0 Å². The topological polar surface area (TPSA) is 0 Å². The first-order valence-corrected chi connectivity index (χ1v) is 10.2. The molecule has 0 bridgehead atoms. The molecule has 0 aliphatic rings. The highest BCUT2D eigenvalue weighted by atomic mass is 32.2. The van der Waals surface area contributed by atoms with Crippen molar-refractivity contribution in [3.05, 3.63) is 0 Å². The molecule has 0 saturated heterocycles. The van der Waals surface area contributed by atoms with Gasteiger partial charge in [-0.25, -0.2) is 0 Å². The van der Waals surface area contributed by atoms with Crippen LogP contribution in [-0.4, -0.2) is 17.3 Å². The molecule has 116 valence electrons. The average Bonchev–Trinajstić information content (AvgIpc) is 2.46. The lowest BCUT2D eigenvalue weighted by molar-refractivity contribution is 0.357. The Balaban J connectivity index is 3.35. The van der Waals surface area contributed by atoms with Crippen LogP contribution in [0.1, 0.15) is 85.0 Å². The van der Waals surface area contributed by atoms with Crippen molar-refractivity contribution in [1.29, 1.82) is 0 Å². The zero-order valence-corrected chi connectivity index (χ0v) is 15.3. The fourth-order valence-corrected chi connectivity index (χ4v) is 4.56. The fourth-order valence-electron chi connectivity index (χ4n) is 2.35. The van der Waals surface area contributed by atoms with Crippen molar-refractivity contribution < 1.29 is 0 Å². The molecule has 0 fully saturated rings. The normalized spacial score (nSPS) is 12.0. The SMILES string of the molecule is CCCCCCCCCCSCC(CC)(CC)CS. The smallest absolute Gasteiger partial charge is 0.000320 e. The quantitative estimate of drug-likeness (QED) is 0.279. The van der Waals surface area contributed by atoms with Crippen molar-refractivity contribution in [3.8, 4) is 0 Å². The van der Waals surface area contributed by atoms with Crippen LogP contribution < -0.4 is 0 Å². The van der Waals surface area contributed by atoms with Crippen LogP contribution >= 0.6 is 24.4 Å². The van der Waals surface area contributed by atoms with E-state index in [1.165, 1.54) is 75.7 Å². The lowest BCUT2D eigenvalue weighted by atomic mass is 9.87. The van der Waals surface area contributed by atoms with Gasteiger partial charge >= 0.3 is 0 Å². The van der Waals surface area contributed by atoms with Gasteiger partial charge in [-0.15, -0.1) is 0 Å². The second-order valence-corrected chi connectivity index (χ2v) is 7.31. The first-order valence-electron chi connectivity index (χ1n) is 8.43. The summed E-state index contributed by atoms with van der Waals surface area (Å²) in [7, 11) is 0. The van der Waals surface area contributed by atoms with Crippen LogP contribution in [0, 0.1) is 5.41 Å². The maximum atomic E-state index is 4.55. The van der Waals surface area contributed by atoms with E-state index in [2.05, 4.69) is 45.2 Å². The number of thiol groups is 1. The molecule has 0 aliphatic carbocycles. The first-order chi connectivity index (χ1) is 9.24. The third-order valence-electron chi connectivity index (χ3n) is 4.39. The molecule has 0 saturated carbocycles. The molecule has 0 unspecified atom stereocenters. The summed E-state index contributed by atoms with van der Waals surface area (Å²) >= 11 is 6.70. The molecule has 0 aliphatic heterocycles. The van der Waals surface area contributed by atoms with Crippen molar-refractivity contribution in [2.24, 2.45) is 5.41 Å². The van der Waals surface area contributed by atoms with E-state index in [0.29, 0.717) is 5.41 Å². The molecule has 0 aromatic heterocycles. The van der Waals surface area contributed by atoms with E-state index < -0.39 is 0 Å². The number of rotatable bonds is 14. The minimum Gasteiger partial charge on any atom is -0.179 e. The number of hydrogen-bond acceptors (Lipinski definition) is 2.